The van der Waals surface area contributed by atoms with Gasteiger partial charge in [0.05, 0.1) is 0 Å². The number of rotatable bonds is 4. The Balaban J connectivity index is 1.86. The summed E-state index contributed by atoms with van der Waals surface area (Å²) in [5.74, 6) is 0. The molecule has 0 unspecified atom stereocenters. The molecule has 0 amide bonds. The molecule has 5 heteroatoms. The number of para-hydroxylation sites is 2. The number of hydrogen-bond acceptors (Lipinski definition) is 4. The molecule has 1 aromatic carbocycles. The monoisotopic (exact) mass is 231 g/mol. The predicted molar refractivity (Wildman–Crippen MR) is 70.4 cm³/mol. The summed E-state index contributed by atoms with van der Waals surface area (Å²) in [4.78, 5) is 2.18. The number of anilines is 2. The van der Waals surface area contributed by atoms with E-state index in [1.807, 2.05) is 24.3 Å². The molecule has 90 valence electrons. The second kappa shape index (κ2) is 5.82. The Morgan fingerprint density at radius 3 is 2.71 bits per heavy atom. The molecule has 2 rings (SSSR count). The van der Waals surface area contributed by atoms with Gasteiger partial charge in [-0.3, -0.25) is 0 Å². The van der Waals surface area contributed by atoms with Gasteiger partial charge in [0, 0.05) is 0 Å². The standard InChI is InChI=1S/C12H18BN3O/c14-11-3-1-2-4-12(11)15-10-5-7-16(8-6-10)9-13-17/h1-4,10,15H,5-9,14H2. The van der Waals surface area contributed by atoms with E-state index in [0.29, 0.717) is 12.5 Å². The molecule has 0 aliphatic carbocycles. The van der Waals surface area contributed by atoms with Crippen LogP contribution in [0, 0.1) is 0 Å². The quantitative estimate of drug-likeness (QED) is 0.602. The molecule has 1 aliphatic rings. The Hall–Kier alpha value is -1.36. The third kappa shape index (κ3) is 3.30. The van der Waals surface area contributed by atoms with Crippen molar-refractivity contribution in [3.8, 4) is 0 Å². The van der Waals surface area contributed by atoms with Gasteiger partial charge in [-0.2, -0.15) is 0 Å². The summed E-state index contributed by atoms with van der Waals surface area (Å²) in [5.41, 5.74) is 7.70. The molecule has 4 nitrogen and oxygen atoms in total. The molecule has 3 N–H and O–H groups in total. The summed E-state index contributed by atoms with van der Waals surface area (Å²) in [6.07, 6.45) is 2.67. The van der Waals surface area contributed by atoms with E-state index in [4.69, 9.17) is 5.73 Å². The number of likely N-dealkylation sites (tertiary alicyclic amines) is 1. The number of nitrogens with one attached hydrogen (secondary N) is 1. The van der Waals surface area contributed by atoms with Gasteiger partial charge in [0.15, 0.2) is 0 Å². The summed E-state index contributed by atoms with van der Waals surface area (Å²) in [5, 5.41) is 3.47. The minimum atomic E-state index is 0.461. The first-order chi connectivity index (χ1) is 8.29. The molecule has 0 bridgehead atoms. The van der Waals surface area contributed by atoms with Crippen molar-refractivity contribution in [2.75, 3.05) is 30.6 Å². The average molecular weight is 231 g/mol. The van der Waals surface area contributed by atoms with Crippen molar-refractivity contribution < 1.29 is 4.70 Å². The van der Waals surface area contributed by atoms with Gasteiger partial charge < -0.3 is 0 Å². The van der Waals surface area contributed by atoms with Gasteiger partial charge in [-0.05, 0) is 0 Å². The fourth-order valence-corrected chi connectivity index (χ4v) is 2.21. The van der Waals surface area contributed by atoms with Crippen molar-refractivity contribution in [1.29, 1.82) is 0 Å². The first kappa shape index (κ1) is 12.1. The third-order valence-corrected chi connectivity index (χ3v) is 3.24. The normalized spacial score (nSPS) is 17.6. The predicted octanol–water partition coefficient (Wildman–Crippen LogP) is 1.15. The third-order valence-electron chi connectivity index (χ3n) is 3.24. The molecule has 0 radical (unpaired) electrons. The molecule has 1 saturated heterocycles. The summed E-state index contributed by atoms with van der Waals surface area (Å²) >= 11 is 0. The Labute approximate surface area is 102 Å². The number of piperidine rings is 1. The Kier molecular flexibility index (Phi) is 4.15. The van der Waals surface area contributed by atoms with Crippen molar-refractivity contribution >= 4 is 18.5 Å². The number of benzene rings is 1. The van der Waals surface area contributed by atoms with E-state index in [9.17, 15) is 4.70 Å². The molecule has 0 aromatic heterocycles. The van der Waals surface area contributed by atoms with Crippen LogP contribution in [0.4, 0.5) is 11.4 Å². The molecule has 17 heavy (non-hydrogen) atoms. The van der Waals surface area contributed by atoms with Crippen LogP contribution >= 0.6 is 0 Å². The number of nitrogens with zero attached hydrogens (tertiary/aromatic N) is 1. The van der Waals surface area contributed by atoms with Crippen LogP contribution in [0.5, 0.6) is 0 Å². The second-order valence-corrected chi connectivity index (χ2v) is 4.47. The number of hydrogen-bond donors (Lipinski definition) is 2. The van der Waals surface area contributed by atoms with Crippen molar-refractivity contribution in [2.24, 2.45) is 0 Å². The second-order valence-electron chi connectivity index (χ2n) is 4.47. The maximum absolute atomic E-state index is 10.4. The van der Waals surface area contributed by atoms with Crippen LogP contribution in [0.2, 0.25) is 0 Å². The van der Waals surface area contributed by atoms with E-state index in [2.05, 4.69) is 10.2 Å². The van der Waals surface area contributed by atoms with Crippen LogP contribution < -0.4 is 11.1 Å². The zero-order valence-corrected chi connectivity index (χ0v) is 9.93. The van der Waals surface area contributed by atoms with Gasteiger partial charge in [-0.25, -0.2) is 0 Å². The van der Waals surface area contributed by atoms with Crippen LogP contribution in [0.15, 0.2) is 24.3 Å². The molecule has 1 aromatic rings. The SMILES string of the molecule is Nc1ccccc1NC1CCN(CB=O)CC1. The summed E-state index contributed by atoms with van der Waals surface area (Å²) in [6, 6.07) is 8.30. The maximum atomic E-state index is 10.4. The van der Waals surface area contributed by atoms with Crippen LogP contribution in [-0.4, -0.2) is 37.6 Å². The molecule has 1 fully saturated rings. The number of nitrogen functional groups attached to an aromatic ring is 1. The van der Waals surface area contributed by atoms with E-state index in [1.54, 1.807) is 0 Å². The van der Waals surface area contributed by atoms with Crippen LogP contribution in [0.25, 0.3) is 0 Å². The molecule has 0 atom stereocenters. The van der Waals surface area contributed by atoms with E-state index >= 15 is 0 Å². The average Bonchev–Trinajstić information content (AvgIpc) is 2.35. The van der Waals surface area contributed by atoms with Crippen molar-refractivity contribution in [1.82, 2.24) is 4.90 Å². The van der Waals surface area contributed by atoms with E-state index in [1.165, 1.54) is 0 Å². The minimum absolute atomic E-state index is 0.461. The topological polar surface area (TPSA) is 58.4 Å². The van der Waals surface area contributed by atoms with Gasteiger partial charge in [0.25, 0.3) is 0 Å². The van der Waals surface area contributed by atoms with Crippen LogP contribution in [0.3, 0.4) is 0 Å². The summed E-state index contributed by atoms with van der Waals surface area (Å²) < 4.78 is 10.4. The van der Waals surface area contributed by atoms with Gasteiger partial charge in [0.2, 0.25) is 0 Å². The zero-order chi connectivity index (χ0) is 12.1. The van der Waals surface area contributed by atoms with Gasteiger partial charge >= 0.3 is 102 Å². The first-order valence-corrected chi connectivity index (χ1v) is 6.06. The summed E-state index contributed by atoms with van der Waals surface area (Å²) in [7, 11) is 0.975. The zero-order valence-electron chi connectivity index (χ0n) is 9.93. The molecular formula is C12H18BN3O. The fourth-order valence-electron chi connectivity index (χ4n) is 2.21. The fraction of sp³-hybridized carbons (Fsp3) is 0.500. The number of nitrogens with two attached hydrogens (primary N) is 1. The van der Waals surface area contributed by atoms with Crippen LogP contribution in [0.1, 0.15) is 12.8 Å². The van der Waals surface area contributed by atoms with E-state index in [-0.39, 0.29) is 0 Å². The van der Waals surface area contributed by atoms with Gasteiger partial charge in [0.1, 0.15) is 0 Å². The van der Waals surface area contributed by atoms with E-state index in [0.717, 1.165) is 44.5 Å². The van der Waals surface area contributed by atoms with Gasteiger partial charge in [-0.1, -0.05) is 0 Å². The van der Waals surface area contributed by atoms with E-state index < -0.39 is 0 Å². The van der Waals surface area contributed by atoms with Crippen LogP contribution in [-0.2, 0) is 4.70 Å². The summed E-state index contributed by atoms with van der Waals surface area (Å²) in [6.45, 7) is 1.95. The molecule has 1 heterocycles. The molecule has 1 aliphatic heterocycles. The van der Waals surface area contributed by atoms with Crippen molar-refractivity contribution in [2.45, 2.75) is 18.9 Å². The Morgan fingerprint density at radius 1 is 1.35 bits per heavy atom. The first-order valence-electron chi connectivity index (χ1n) is 6.06. The molecular weight excluding hydrogens is 213 g/mol. The molecule has 0 saturated carbocycles. The van der Waals surface area contributed by atoms with Crippen molar-refractivity contribution in [3.63, 3.8) is 0 Å². The molecule has 0 spiro atoms. The Bertz CT molecular complexity index is 378. The Morgan fingerprint density at radius 2 is 2.06 bits per heavy atom. The van der Waals surface area contributed by atoms with Crippen molar-refractivity contribution in [3.05, 3.63) is 24.3 Å². The van der Waals surface area contributed by atoms with Gasteiger partial charge in [-0.15, -0.1) is 0 Å².